The second-order valence-electron chi connectivity index (χ2n) is 6.39. The Morgan fingerprint density at radius 1 is 1.23 bits per heavy atom. The highest BCUT2D eigenvalue weighted by Gasteiger charge is 2.26. The van der Waals surface area contributed by atoms with E-state index in [1.54, 1.807) is 0 Å². The average Bonchev–Trinajstić information content (AvgIpc) is 3.10. The van der Waals surface area contributed by atoms with Crippen molar-refractivity contribution in [1.29, 1.82) is 0 Å². The molecule has 0 aliphatic carbocycles. The first-order valence-corrected chi connectivity index (χ1v) is 7.78. The van der Waals surface area contributed by atoms with Gasteiger partial charge in [-0.05, 0) is 34.0 Å². The van der Waals surface area contributed by atoms with Crippen molar-refractivity contribution in [3.8, 4) is 0 Å². The molecule has 1 aliphatic rings. The molecule has 6 heteroatoms. The van der Waals surface area contributed by atoms with E-state index in [0.717, 1.165) is 44.2 Å². The van der Waals surface area contributed by atoms with Crippen LogP contribution in [0.3, 0.4) is 0 Å². The molecule has 6 nitrogen and oxygen atoms in total. The predicted octanol–water partition coefficient (Wildman–Crippen LogP) is 1.56. The third kappa shape index (κ3) is 3.69. The minimum Gasteiger partial charge on any atom is -0.345 e. The number of H-pyrrole nitrogens is 1. The number of likely N-dealkylation sites (tertiary alicyclic amines) is 1. The van der Waals surface area contributed by atoms with Gasteiger partial charge in [0.05, 0.1) is 0 Å². The number of aromatic nitrogens is 4. The smallest absolute Gasteiger partial charge is 0.125 e. The van der Waals surface area contributed by atoms with Crippen LogP contribution < -0.4 is 0 Å². The van der Waals surface area contributed by atoms with Gasteiger partial charge in [0, 0.05) is 55.4 Å². The summed E-state index contributed by atoms with van der Waals surface area (Å²) >= 11 is 0. The number of hydrogen-bond donors (Lipinski definition) is 1. The van der Waals surface area contributed by atoms with E-state index in [1.165, 1.54) is 11.3 Å². The van der Waals surface area contributed by atoms with Crippen LogP contribution >= 0.6 is 0 Å². The van der Waals surface area contributed by atoms with Gasteiger partial charge < -0.3 is 9.88 Å². The molecule has 22 heavy (non-hydrogen) atoms. The van der Waals surface area contributed by atoms with Crippen molar-refractivity contribution in [2.24, 2.45) is 0 Å². The topological polar surface area (TPSA) is 60.9 Å². The van der Waals surface area contributed by atoms with E-state index in [9.17, 15) is 0 Å². The van der Waals surface area contributed by atoms with Gasteiger partial charge in [-0.3, -0.25) is 4.90 Å². The molecular formula is C16H24N6. The Labute approximate surface area is 131 Å². The van der Waals surface area contributed by atoms with Crippen LogP contribution in [-0.4, -0.2) is 56.9 Å². The van der Waals surface area contributed by atoms with Gasteiger partial charge in [-0.25, -0.2) is 15.0 Å². The van der Waals surface area contributed by atoms with Crippen LogP contribution in [-0.2, 0) is 13.1 Å². The summed E-state index contributed by atoms with van der Waals surface area (Å²) in [4.78, 5) is 21.2. The third-order valence-corrected chi connectivity index (χ3v) is 4.03. The molecule has 1 atom stereocenters. The summed E-state index contributed by atoms with van der Waals surface area (Å²) in [5.74, 6) is 2.45. The van der Waals surface area contributed by atoms with Crippen LogP contribution in [0.2, 0.25) is 0 Å². The molecule has 2 aromatic rings. The van der Waals surface area contributed by atoms with Gasteiger partial charge in [-0.2, -0.15) is 0 Å². The molecule has 0 radical (unpaired) electrons. The molecular weight excluding hydrogens is 276 g/mol. The summed E-state index contributed by atoms with van der Waals surface area (Å²) in [6, 6.07) is 0. The van der Waals surface area contributed by atoms with Gasteiger partial charge in [0.15, 0.2) is 0 Å². The summed E-state index contributed by atoms with van der Waals surface area (Å²) in [5.41, 5.74) is 2.37. The second-order valence-corrected chi connectivity index (χ2v) is 6.39. The summed E-state index contributed by atoms with van der Waals surface area (Å²) < 4.78 is 0. The highest BCUT2D eigenvalue weighted by Crippen LogP contribution is 2.26. The van der Waals surface area contributed by atoms with Gasteiger partial charge in [0.25, 0.3) is 0 Å². The Balaban J connectivity index is 1.57. The van der Waals surface area contributed by atoms with Crippen LogP contribution in [0.15, 0.2) is 18.6 Å². The van der Waals surface area contributed by atoms with Crippen molar-refractivity contribution in [2.45, 2.75) is 32.4 Å². The molecule has 3 rings (SSSR count). The van der Waals surface area contributed by atoms with Gasteiger partial charge >= 0.3 is 0 Å². The van der Waals surface area contributed by atoms with E-state index in [4.69, 9.17) is 0 Å². The van der Waals surface area contributed by atoms with Crippen LogP contribution in [0.1, 0.15) is 35.2 Å². The van der Waals surface area contributed by atoms with Gasteiger partial charge in [-0.1, -0.05) is 0 Å². The molecule has 0 spiro atoms. The predicted molar refractivity (Wildman–Crippen MR) is 85.4 cm³/mol. The van der Waals surface area contributed by atoms with Crippen molar-refractivity contribution in [2.75, 3.05) is 27.2 Å². The zero-order chi connectivity index (χ0) is 15.5. The first kappa shape index (κ1) is 15.1. The van der Waals surface area contributed by atoms with Crippen molar-refractivity contribution in [1.82, 2.24) is 29.7 Å². The summed E-state index contributed by atoms with van der Waals surface area (Å²) in [7, 11) is 4.14. The first-order chi connectivity index (χ1) is 10.6. The molecule has 118 valence electrons. The zero-order valence-electron chi connectivity index (χ0n) is 13.6. The Hall–Kier alpha value is -1.79. The normalized spacial score (nSPS) is 19.2. The van der Waals surface area contributed by atoms with Crippen molar-refractivity contribution < 1.29 is 0 Å². The van der Waals surface area contributed by atoms with E-state index in [1.807, 2.05) is 25.5 Å². The number of imidazole rings is 1. The van der Waals surface area contributed by atoms with Crippen LogP contribution in [0.25, 0.3) is 0 Å². The van der Waals surface area contributed by atoms with Crippen LogP contribution in [0, 0.1) is 6.92 Å². The average molecular weight is 300 g/mol. The summed E-state index contributed by atoms with van der Waals surface area (Å²) in [6.45, 7) is 5.88. The monoisotopic (exact) mass is 300 g/mol. The van der Waals surface area contributed by atoms with E-state index in [2.05, 4.69) is 43.8 Å². The molecule has 0 saturated carbocycles. The number of nitrogens with one attached hydrogen (secondary N) is 1. The summed E-state index contributed by atoms with van der Waals surface area (Å²) in [5, 5.41) is 0. The fourth-order valence-corrected chi connectivity index (χ4v) is 2.96. The fourth-order valence-electron chi connectivity index (χ4n) is 2.96. The van der Waals surface area contributed by atoms with E-state index >= 15 is 0 Å². The van der Waals surface area contributed by atoms with Gasteiger partial charge in [0.2, 0.25) is 0 Å². The largest absolute Gasteiger partial charge is 0.345 e. The maximum absolute atomic E-state index is 4.57. The molecule has 0 bridgehead atoms. The van der Waals surface area contributed by atoms with Crippen molar-refractivity contribution in [3.63, 3.8) is 0 Å². The Bertz CT molecular complexity index is 603. The Kier molecular flexibility index (Phi) is 4.49. The summed E-state index contributed by atoms with van der Waals surface area (Å²) in [6.07, 6.45) is 6.98. The number of nitrogens with zero attached hydrogens (tertiary/aromatic N) is 5. The Morgan fingerprint density at radius 3 is 2.73 bits per heavy atom. The lowest BCUT2D eigenvalue weighted by Gasteiger charge is -2.15. The molecule has 1 N–H and O–H groups in total. The standard InChI is InChI=1S/C16H24N6/c1-12-17-6-13(7-18-12)9-22-5-4-14(10-22)16-19-8-15(20-16)11-21(2)3/h6-8,14H,4-5,9-11H2,1-3H3,(H,19,20)/t14-/m0/s1. The third-order valence-electron chi connectivity index (χ3n) is 4.03. The lowest BCUT2D eigenvalue weighted by molar-refractivity contribution is 0.325. The van der Waals surface area contributed by atoms with E-state index in [0.29, 0.717) is 5.92 Å². The number of hydrogen-bond acceptors (Lipinski definition) is 5. The molecule has 2 aromatic heterocycles. The van der Waals surface area contributed by atoms with Crippen molar-refractivity contribution in [3.05, 3.63) is 41.5 Å². The molecule has 3 heterocycles. The van der Waals surface area contributed by atoms with E-state index in [-0.39, 0.29) is 0 Å². The van der Waals surface area contributed by atoms with Crippen LogP contribution in [0.4, 0.5) is 0 Å². The van der Waals surface area contributed by atoms with Gasteiger partial charge in [0.1, 0.15) is 11.6 Å². The molecule has 0 amide bonds. The van der Waals surface area contributed by atoms with Gasteiger partial charge in [-0.15, -0.1) is 0 Å². The minimum absolute atomic E-state index is 0.502. The maximum atomic E-state index is 4.57. The zero-order valence-corrected chi connectivity index (χ0v) is 13.6. The Morgan fingerprint density at radius 2 is 2.00 bits per heavy atom. The van der Waals surface area contributed by atoms with Crippen LogP contribution in [0.5, 0.6) is 0 Å². The number of aryl methyl sites for hydroxylation is 1. The van der Waals surface area contributed by atoms with E-state index < -0.39 is 0 Å². The number of aromatic amines is 1. The quantitative estimate of drug-likeness (QED) is 0.908. The molecule has 0 unspecified atom stereocenters. The minimum atomic E-state index is 0.502. The maximum Gasteiger partial charge on any atom is 0.125 e. The highest BCUT2D eigenvalue weighted by atomic mass is 15.2. The number of rotatable bonds is 5. The first-order valence-electron chi connectivity index (χ1n) is 7.78. The fraction of sp³-hybridized carbons (Fsp3) is 0.562. The molecule has 1 fully saturated rings. The molecule has 1 saturated heterocycles. The highest BCUT2D eigenvalue weighted by molar-refractivity contribution is 5.10. The molecule has 0 aromatic carbocycles. The second kappa shape index (κ2) is 6.54. The lowest BCUT2D eigenvalue weighted by Crippen LogP contribution is -2.20. The molecule has 1 aliphatic heterocycles. The SMILES string of the molecule is Cc1ncc(CN2CC[C@H](c3ncc(CN(C)C)[nH]3)C2)cn1. The lowest BCUT2D eigenvalue weighted by atomic mass is 10.1. The van der Waals surface area contributed by atoms with Crippen molar-refractivity contribution >= 4 is 0 Å².